The van der Waals surface area contributed by atoms with Crippen LogP contribution in [0, 0.1) is 0 Å². The number of benzene rings is 2. The zero-order valence-corrected chi connectivity index (χ0v) is 16.2. The Morgan fingerprint density at radius 3 is 2.70 bits per heavy atom. The first kappa shape index (κ1) is 19.2. The van der Waals surface area contributed by atoms with E-state index in [4.69, 9.17) is 11.6 Å². The number of urea groups is 1. The lowest BCUT2D eigenvalue weighted by Crippen LogP contribution is -2.48. The van der Waals surface area contributed by atoms with Gasteiger partial charge < -0.3 is 20.4 Å². The van der Waals surface area contributed by atoms with Crippen LogP contribution < -0.4 is 10.6 Å². The van der Waals surface area contributed by atoms with Crippen LogP contribution in [0.2, 0.25) is 5.02 Å². The summed E-state index contributed by atoms with van der Waals surface area (Å²) in [6.07, 6.45) is 0. The SMILES string of the molecule is CN(C)C(=O)Nc1cccc(C(=O)N2CCNCC2c2cccc(Cl)c2)c1. The van der Waals surface area contributed by atoms with Crippen LogP contribution in [-0.2, 0) is 0 Å². The fourth-order valence-corrected chi connectivity index (χ4v) is 3.29. The molecule has 2 N–H and O–H groups in total. The highest BCUT2D eigenvalue weighted by Crippen LogP contribution is 2.26. The normalized spacial score (nSPS) is 16.7. The quantitative estimate of drug-likeness (QED) is 0.851. The van der Waals surface area contributed by atoms with Crippen LogP contribution in [0.1, 0.15) is 22.0 Å². The molecule has 0 aliphatic carbocycles. The molecule has 0 spiro atoms. The summed E-state index contributed by atoms with van der Waals surface area (Å²) >= 11 is 6.14. The van der Waals surface area contributed by atoms with Gasteiger partial charge in [0.2, 0.25) is 0 Å². The topological polar surface area (TPSA) is 64.7 Å². The van der Waals surface area contributed by atoms with Gasteiger partial charge in [-0.25, -0.2) is 4.79 Å². The van der Waals surface area contributed by atoms with E-state index in [2.05, 4.69) is 10.6 Å². The lowest BCUT2D eigenvalue weighted by molar-refractivity contribution is 0.0634. The first-order valence-corrected chi connectivity index (χ1v) is 9.19. The van der Waals surface area contributed by atoms with E-state index in [0.717, 1.165) is 12.1 Å². The van der Waals surface area contributed by atoms with E-state index in [-0.39, 0.29) is 18.0 Å². The predicted molar refractivity (Wildman–Crippen MR) is 107 cm³/mol. The van der Waals surface area contributed by atoms with Crippen molar-refractivity contribution < 1.29 is 9.59 Å². The zero-order chi connectivity index (χ0) is 19.4. The smallest absolute Gasteiger partial charge is 0.321 e. The standard InChI is InChI=1S/C20H23ClN4O2/c1-24(2)20(27)23-17-8-4-6-15(12-17)19(26)25-10-9-22-13-18(25)14-5-3-7-16(21)11-14/h3-8,11-12,18,22H,9-10,13H2,1-2H3,(H,23,27). The van der Waals surface area contributed by atoms with Crippen molar-refractivity contribution in [1.29, 1.82) is 0 Å². The van der Waals surface area contributed by atoms with Crippen LogP contribution in [0.15, 0.2) is 48.5 Å². The minimum absolute atomic E-state index is 0.0672. The average molecular weight is 387 g/mol. The molecule has 142 valence electrons. The van der Waals surface area contributed by atoms with E-state index >= 15 is 0 Å². The number of carbonyl (C=O) groups is 2. The number of nitrogens with one attached hydrogen (secondary N) is 2. The third-order valence-corrected chi connectivity index (χ3v) is 4.74. The molecule has 1 fully saturated rings. The number of anilines is 1. The molecule has 1 atom stereocenters. The van der Waals surface area contributed by atoms with E-state index in [0.29, 0.717) is 29.4 Å². The molecular weight excluding hydrogens is 364 g/mol. The minimum Gasteiger partial charge on any atom is -0.331 e. The molecular formula is C20H23ClN4O2. The zero-order valence-electron chi connectivity index (χ0n) is 15.4. The summed E-state index contributed by atoms with van der Waals surface area (Å²) in [5.41, 5.74) is 2.13. The van der Waals surface area contributed by atoms with Gasteiger partial charge in [0.05, 0.1) is 6.04 Å². The van der Waals surface area contributed by atoms with Crippen LogP contribution in [0.25, 0.3) is 0 Å². The summed E-state index contributed by atoms with van der Waals surface area (Å²) < 4.78 is 0. The Morgan fingerprint density at radius 1 is 1.19 bits per heavy atom. The molecule has 0 radical (unpaired) electrons. The number of hydrogen-bond acceptors (Lipinski definition) is 3. The summed E-state index contributed by atoms with van der Waals surface area (Å²) in [6, 6.07) is 14.3. The summed E-state index contributed by atoms with van der Waals surface area (Å²) in [5, 5.41) is 6.77. The molecule has 7 heteroatoms. The highest BCUT2D eigenvalue weighted by atomic mass is 35.5. The molecule has 1 aliphatic heterocycles. The van der Waals surface area contributed by atoms with Gasteiger partial charge in [-0.05, 0) is 35.9 Å². The van der Waals surface area contributed by atoms with Crippen LogP contribution >= 0.6 is 11.6 Å². The van der Waals surface area contributed by atoms with Crippen molar-refractivity contribution in [2.75, 3.05) is 39.0 Å². The molecule has 27 heavy (non-hydrogen) atoms. The lowest BCUT2D eigenvalue weighted by Gasteiger charge is -2.36. The Kier molecular flexibility index (Phi) is 5.98. The number of halogens is 1. The van der Waals surface area contributed by atoms with Gasteiger partial charge >= 0.3 is 6.03 Å². The second-order valence-corrected chi connectivity index (χ2v) is 7.12. The molecule has 1 aliphatic rings. The van der Waals surface area contributed by atoms with Crippen molar-refractivity contribution in [3.63, 3.8) is 0 Å². The van der Waals surface area contributed by atoms with Gasteiger partial charge in [-0.1, -0.05) is 29.8 Å². The van der Waals surface area contributed by atoms with Gasteiger partial charge in [0, 0.05) is 50.0 Å². The predicted octanol–water partition coefficient (Wildman–Crippen LogP) is 3.22. The lowest BCUT2D eigenvalue weighted by atomic mass is 10.0. The second-order valence-electron chi connectivity index (χ2n) is 6.68. The first-order chi connectivity index (χ1) is 13.0. The number of amides is 3. The van der Waals surface area contributed by atoms with Crippen molar-refractivity contribution in [1.82, 2.24) is 15.1 Å². The van der Waals surface area contributed by atoms with Crippen LogP contribution in [-0.4, -0.2) is 55.5 Å². The fourth-order valence-electron chi connectivity index (χ4n) is 3.09. The van der Waals surface area contributed by atoms with Gasteiger partial charge in [-0.3, -0.25) is 4.79 Å². The van der Waals surface area contributed by atoms with E-state index in [1.807, 2.05) is 29.2 Å². The van der Waals surface area contributed by atoms with Gasteiger partial charge in [0.15, 0.2) is 0 Å². The maximum absolute atomic E-state index is 13.2. The van der Waals surface area contributed by atoms with E-state index in [1.165, 1.54) is 4.90 Å². The Hall–Kier alpha value is -2.57. The Labute approximate surface area is 164 Å². The molecule has 0 saturated carbocycles. The van der Waals surface area contributed by atoms with Gasteiger partial charge in [-0.2, -0.15) is 0 Å². The van der Waals surface area contributed by atoms with Gasteiger partial charge in [0.1, 0.15) is 0 Å². The molecule has 6 nitrogen and oxygen atoms in total. The average Bonchev–Trinajstić information content (AvgIpc) is 2.67. The third kappa shape index (κ3) is 4.59. The fraction of sp³-hybridized carbons (Fsp3) is 0.300. The summed E-state index contributed by atoms with van der Waals surface area (Å²) in [4.78, 5) is 28.3. The summed E-state index contributed by atoms with van der Waals surface area (Å²) in [5.74, 6) is -0.0672. The number of rotatable bonds is 3. The monoisotopic (exact) mass is 386 g/mol. The molecule has 3 rings (SSSR count). The largest absolute Gasteiger partial charge is 0.331 e. The van der Waals surface area contributed by atoms with E-state index < -0.39 is 0 Å². The van der Waals surface area contributed by atoms with Crippen molar-refractivity contribution in [3.05, 3.63) is 64.7 Å². The number of piperazine rings is 1. The number of nitrogens with zero attached hydrogens (tertiary/aromatic N) is 2. The van der Waals surface area contributed by atoms with Crippen LogP contribution in [0.5, 0.6) is 0 Å². The first-order valence-electron chi connectivity index (χ1n) is 8.81. The minimum atomic E-state index is -0.237. The number of hydrogen-bond donors (Lipinski definition) is 2. The van der Waals surface area contributed by atoms with Crippen LogP contribution in [0.4, 0.5) is 10.5 Å². The van der Waals surface area contributed by atoms with Gasteiger partial charge in [0.25, 0.3) is 5.91 Å². The molecule has 2 aromatic rings. The summed E-state index contributed by atoms with van der Waals surface area (Å²) in [6.45, 7) is 2.01. The third-order valence-electron chi connectivity index (χ3n) is 4.50. The van der Waals surface area contributed by atoms with Crippen LogP contribution in [0.3, 0.4) is 0 Å². The van der Waals surface area contributed by atoms with Gasteiger partial charge in [-0.15, -0.1) is 0 Å². The molecule has 0 bridgehead atoms. The maximum Gasteiger partial charge on any atom is 0.321 e. The van der Waals surface area contributed by atoms with E-state index in [9.17, 15) is 9.59 Å². The second kappa shape index (κ2) is 8.41. The van der Waals surface area contributed by atoms with Crippen molar-refractivity contribution in [3.8, 4) is 0 Å². The molecule has 0 aromatic heterocycles. The Balaban J connectivity index is 1.84. The summed E-state index contributed by atoms with van der Waals surface area (Å²) in [7, 11) is 3.33. The van der Waals surface area contributed by atoms with Crippen molar-refractivity contribution in [2.45, 2.75) is 6.04 Å². The molecule has 1 saturated heterocycles. The highest BCUT2D eigenvalue weighted by Gasteiger charge is 2.28. The highest BCUT2D eigenvalue weighted by molar-refractivity contribution is 6.30. The molecule has 3 amide bonds. The molecule has 1 unspecified atom stereocenters. The maximum atomic E-state index is 13.2. The molecule has 1 heterocycles. The number of carbonyl (C=O) groups excluding carboxylic acids is 2. The Morgan fingerprint density at radius 2 is 1.96 bits per heavy atom. The Bertz CT molecular complexity index is 840. The van der Waals surface area contributed by atoms with Crippen molar-refractivity contribution in [2.24, 2.45) is 0 Å². The molecule has 2 aromatic carbocycles. The van der Waals surface area contributed by atoms with Crippen molar-refractivity contribution >= 4 is 29.2 Å². The van der Waals surface area contributed by atoms with E-state index in [1.54, 1.807) is 38.4 Å².